The zero-order valence-electron chi connectivity index (χ0n) is 12.0. The summed E-state index contributed by atoms with van der Waals surface area (Å²) in [5, 5.41) is 6.31. The molecule has 1 amide bonds. The minimum Gasteiger partial charge on any atom is -0.382 e. The molecule has 4 heteroatoms. The summed E-state index contributed by atoms with van der Waals surface area (Å²) in [5.74, 6) is 0.0477. The van der Waals surface area contributed by atoms with Gasteiger partial charge in [0.1, 0.15) is 0 Å². The highest BCUT2D eigenvalue weighted by molar-refractivity contribution is 5.99. The summed E-state index contributed by atoms with van der Waals surface area (Å²) < 4.78 is 5.19. The fourth-order valence-corrected chi connectivity index (χ4v) is 2.60. The van der Waals surface area contributed by atoms with E-state index in [1.54, 1.807) is 7.11 Å². The van der Waals surface area contributed by atoms with Gasteiger partial charge in [-0.2, -0.15) is 0 Å². The van der Waals surface area contributed by atoms with E-state index in [-0.39, 0.29) is 5.91 Å². The molecule has 21 heavy (non-hydrogen) atoms. The van der Waals surface area contributed by atoms with Crippen molar-refractivity contribution in [1.29, 1.82) is 0 Å². The normalized spacial score (nSPS) is 13.9. The number of carbonyl (C=O) groups is 1. The Morgan fingerprint density at radius 1 is 1.19 bits per heavy atom. The van der Waals surface area contributed by atoms with Gasteiger partial charge in [-0.25, -0.2) is 0 Å². The van der Waals surface area contributed by atoms with Gasteiger partial charge in [-0.3, -0.25) is 4.79 Å². The van der Waals surface area contributed by atoms with Crippen LogP contribution in [0.15, 0.2) is 42.5 Å². The van der Waals surface area contributed by atoms with E-state index >= 15 is 0 Å². The highest BCUT2D eigenvalue weighted by atomic mass is 16.5. The summed E-state index contributed by atoms with van der Waals surface area (Å²) in [5.41, 5.74) is 5.16. The lowest BCUT2D eigenvalue weighted by Gasteiger charge is -2.14. The van der Waals surface area contributed by atoms with Crippen LogP contribution in [-0.2, 0) is 16.1 Å². The first-order chi connectivity index (χ1) is 10.3. The van der Waals surface area contributed by atoms with E-state index in [0.29, 0.717) is 19.6 Å². The van der Waals surface area contributed by atoms with Gasteiger partial charge >= 0.3 is 0 Å². The molecule has 2 aromatic carbocycles. The predicted octanol–water partition coefficient (Wildman–Crippen LogP) is 3.25. The van der Waals surface area contributed by atoms with E-state index in [4.69, 9.17) is 4.74 Å². The summed E-state index contributed by atoms with van der Waals surface area (Å²) in [6, 6.07) is 14.2. The lowest BCUT2D eigenvalue weighted by molar-refractivity contribution is -0.115. The molecule has 0 atom stereocenters. The van der Waals surface area contributed by atoms with Gasteiger partial charge in [0.05, 0.1) is 18.0 Å². The molecule has 0 aliphatic carbocycles. The minimum atomic E-state index is 0.0477. The summed E-state index contributed by atoms with van der Waals surface area (Å²) >= 11 is 0. The molecule has 1 aliphatic rings. The fourth-order valence-electron chi connectivity index (χ4n) is 2.60. The molecule has 0 bridgehead atoms. The maximum atomic E-state index is 11.7. The Kier molecular flexibility index (Phi) is 3.88. The fraction of sp³-hybridized carbons (Fsp3) is 0.235. The van der Waals surface area contributed by atoms with Crippen molar-refractivity contribution in [3.63, 3.8) is 0 Å². The Hall–Kier alpha value is -2.33. The second-order valence-electron chi connectivity index (χ2n) is 5.09. The van der Waals surface area contributed by atoms with E-state index in [2.05, 4.69) is 28.8 Å². The van der Waals surface area contributed by atoms with Crippen molar-refractivity contribution < 1.29 is 9.53 Å². The number of anilines is 2. The number of carbonyl (C=O) groups excluding carboxylic acids is 1. The molecule has 0 radical (unpaired) electrons. The topological polar surface area (TPSA) is 50.4 Å². The first-order valence-electron chi connectivity index (χ1n) is 7.03. The molecule has 108 valence electrons. The molecule has 2 aromatic rings. The molecular formula is C17H18N2O2. The number of benzene rings is 2. The molecule has 0 saturated heterocycles. The number of para-hydroxylation sites is 1. The molecule has 0 spiro atoms. The van der Waals surface area contributed by atoms with Gasteiger partial charge in [-0.15, -0.1) is 0 Å². The Labute approximate surface area is 124 Å². The van der Waals surface area contributed by atoms with Crippen LogP contribution in [0.25, 0.3) is 11.1 Å². The Morgan fingerprint density at radius 3 is 2.90 bits per heavy atom. The maximum Gasteiger partial charge on any atom is 0.226 e. The van der Waals surface area contributed by atoms with Crippen molar-refractivity contribution in [2.75, 3.05) is 24.3 Å². The van der Waals surface area contributed by atoms with Crippen LogP contribution in [0.2, 0.25) is 0 Å². The smallest absolute Gasteiger partial charge is 0.226 e. The van der Waals surface area contributed by atoms with Crippen LogP contribution in [0.4, 0.5) is 11.4 Å². The molecular weight excluding hydrogens is 264 g/mol. The Morgan fingerprint density at radius 2 is 2.05 bits per heavy atom. The number of hydrogen-bond acceptors (Lipinski definition) is 3. The zero-order chi connectivity index (χ0) is 14.7. The average Bonchev–Trinajstić information content (AvgIpc) is 2.68. The van der Waals surface area contributed by atoms with Crippen LogP contribution < -0.4 is 10.6 Å². The van der Waals surface area contributed by atoms with Gasteiger partial charge in [0.2, 0.25) is 5.91 Å². The SMILES string of the molecule is COCc1cccc(-c2cccc3c2NCCC(=O)N3)c1. The molecule has 1 heterocycles. The quantitative estimate of drug-likeness (QED) is 0.908. The number of amides is 1. The van der Waals surface area contributed by atoms with Crippen LogP contribution >= 0.6 is 0 Å². The minimum absolute atomic E-state index is 0.0477. The number of methoxy groups -OCH3 is 1. The van der Waals surface area contributed by atoms with Gasteiger partial charge < -0.3 is 15.4 Å². The van der Waals surface area contributed by atoms with Gasteiger partial charge in [0.15, 0.2) is 0 Å². The van der Waals surface area contributed by atoms with Crippen molar-refractivity contribution in [1.82, 2.24) is 0 Å². The Bertz CT molecular complexity index is 668. The lowest BCUT2D eigenvalue weighted by Crippen LogP contribution is -2.10. The van der Waals surface area contributed by atoms with Gasteiger partial charge in [-0.05, 0) is 23.3 Å². The molecule has 1 aliphatic heterocycles. The van der Waals surface area contributed by atoms with Crippen molar-refractivity contribution >= 4 is 17.3 Å². The monoisotopic (exact) mass is 282 g/mol. The molecule has 0 aromatic heterocycles. The van der Waals surface area contributed by atoms with E-state index < -0.39 is 0 Å². The summed E-state index contributed by atoms with van der Waals surface area (Å²) in [4.78, 5) is 11.7. The number of ether oxygens (including phenoxy) is 1. The summed E-state index contributed by atoms with van der Waals surface area (Å²) in [6.07, 6.45) is 0.484. The number of fused-ring (bicyclic) bond motifs is 1. The second-order valence-corrected chi connectivity index (χ2v) is 5.09. The Balaban J connectivity index is 2.05. The van der Waals surface area contributed by atoms with Crippen LogP contribution in [-0.4, -0.2) is 19.6 Å². The van der Waals surface area contributed by atoms with Crippen LogP contribution in [0.1, 0.15) is 12.0 Å². The number of hydrogen-bond donors (Lipinski definition) is 2. The molecule has 0 saturated carbocycles. The second kappa shape index (κ2) is 5.97. The standard InChI is InChI=1S/C17H18N2O2/c1-21-11-12-4-2-5-13(10-12)14-6-3-7-15-17(14)18-9-8-16(20)19-15/h2-7,10,18H,8-9,11H2,1H3,(H,19,20). The number of nitrogens with one attached hydrogen (secondary N) is 2. The third-order valence-corrected chi connectivity index (χ3v) is 3.54. The van der Waals surface area contributed by atoms with Gasteiger partial charge in [-0.1, -0.05) is 30.3 Å². The lowest BCUT2D eigenvalue weighted by atomic mass is 10.0. The third-order valence-electron chi connectivity index (χ3n) is 3.54. The van der Waals surface area contributed by atoms with Crippen LogP contribution in [0, 0.1) is 0 Å². The number of rotatable bonds is 3. The molecule has 3 rings (SSSR count). The highest BCUT2D eigenvalue weighted by Gasteiger charge is 2.16. The highest BCUT2D eigenvalue weighted by Crippen LogP contribution is 2.35. The first-order valence-corrected chi connectivity index (χ1v) is 7.03. The largest absolute Gasteiger partial charge is 0.382 e. The van der Waals surface area contributed by atoms with Crippen molar-refractivity contribution in [3.05, 3.63) is 48.0 Å². The van der Waals surface area contributed by atoms with Crippen LogP contribution in [0.3, 0.4) is 0 Å². The molecule has 0 unspecified atom stereocenters. The van der Waals surface area contributed by atoms with Crippen molar-refractivity contribution in [2.45, 2.75) is 13.0 Å². The zero-order valence-corrected chi connectivity index (χ0v) is 12.0. The van der Waals surface area contributed by atoms with Gasteiger partial charge in [0.25, 0.3) is 0 Å². The van der Waals surface area contributed by atoms with Crippen molar-refractivity contribution in [3.8, 4) is 11.1 Å². The summed E-state index contributed by atoms with van der Waals surface area (Å²) in [6.45, 7) is 1.24. The van der Waals surface area contributed by atoms with Crippen molar-refractivity contribution in [2.24, 2.45) is 0 Å². The van der Waals surface area contributed by atoms with E-state index in [0.717, 1.165) is 28.1 Å². The molecule has 4 nitrogen and oxygen atoms in total. The van der Waals surface area contributed by atoms with Crippen LogP contribution in [0.5, 0.6) is 0 Å². The summed E-state index contributed by atoms with van der Waals surface area (Å²) in [7, 11) is 1.69. The van der Waals surface area contributed by atoms with E-state index in [1.807, 2.05) is 24.3 Å². The van der Waals surface area contributed by atoms with E-state index in [1.165, 1.54) is 0 Å². The van der Waals surface area contributed by atoms with Gasteiger partial charge in [0, 0.05) is 25.6 Å². The third kappa shape index (κ3) is 2.90. The molecule has 2 N–H and O–H groups in total. The average molecular weight is 282 g/mol. The predicted molar refractivity (Wildman–Crippen MR) is 84.3 cm³/mol. The van der Waals surface area contributed by atoms with E-state index in [9.17, 15) is 4.79 Å². The first kappa shape index (κ1) is 13.6. The maximum absolute atomic E-state index is 11.7. The molecule has 0 fully saturated rings.